The van der Waals surface area contributed by atoms with Crippen molar-refractivity contribution in [3.8, 4) is 28.5 Å². The number of hydrogen-bond donors (Lipinski definition) is 3. The van der Waals surface area contributed by atoms with Gasteiger partial charge in [-0.2, -0.15) is 10.4 Å². The zero-order valence-electron chi connectivity index (χ0n) is 21.6. The predicted octanol–water partition coefficient (Wildman–Crippen LogP) is 4.42. The summed E-state index contributed by atoms with van der Waals surface area (Å²) in [6, 6.07) is 12.5. The van der Waals surface area contributed by atoms with Crippen molar-refractivity contribution in [3.63, 3.8) is 0 Å². The fraction of sp³-hybridized carbons (Fsp3) is 0.241. The van der Waals surface area contributed by atoms with E-state index in [9.17, 15) is 14.8 Å². The van der Waals surface area contributed by atoms with E-state index < -0.39 is 6.10 Å². The van der Waals surface area contributed by atoms with Crippen LogP contribution in [-0.4, -0.2) is 55.1 Å². The van der Waals surface area contributed by atoms with Gasteiger partial charge >= 0.3 is 0 Å². The molecule has 0 unspecified atom stereocenters. The smallest absolute Gasteiger partial charge is 0.138 e. The SMILES string of the molecule is Cn1cc(-c2cc3c(-c4ccc(N5CC[C@H](NCc6c(F)cccc6Cl)[C@H](O)C5)nc4)c(C#N)cnc3[nH]2)cn1. The van der Waals surface area contributed by atoms with E-state index in [2.05, 4.69) is 31.4 Å². The van der Waals surface area contributed by atoms with E-state index in [4.69, 9.17) is 11.6 Å². The Morgan fingerprint density at radius 1 is 1.20 bits per heavy atom. The van der Waals surface area contributed by atoms with Crippen molar-refractivity contribution >= 4 is 28.5 Å². The standard InChI is InChI=1S/C29H26ClFN8O/c1-38-15-19(13-36-38)25-9-20-28(18(10-32)12-35-29(20)37-25)17-5-6-27(34-11-17)39-8-7-24(26(40)16-39)33-14-21-22(30)3-2-4-23(21)31/h2-6,9,11-13,15,24,26,33,40H,7-8,14,16H2,1H3,(H,35,37)/t24-,26+/m0/s1. The number of aromatic nitrogens is 5. The molecule has 0 spiro atoms. The second-order valence-electron chi connectivity index (χ2n) is 9.90. The van der Waals surface area contributed by atoms with Crippen LogP contribution in [0.15, 0.2) is 61.2 Å². The third-order valence-electron chi connectivity index (χ3n) is 7.34. The zero-order valence-corrected chi connectivity index (χ0v) is 22.4. The minimum atomic E-state index is -0.670. The van der Waals surface area contributed by atoms with Gasteiger partial charge in [0.15, 0.2) is 0 Å². The summed E-state index contributed by atoms with van der Waals surface area (Å²) < 4.78 is 15.9. The number of β-amino-alcohol motifs (C(OH)–C–C–N with tert-alkyl or cyclic N) is 1. The predicted molar refractivity (Wildman–Crippen MR) is 151 cm³/mol. The molecule has 0 saturated carbocycles. The maximum atomic E-state index is 14.1. The number of fused-ring (bicyclic) bond motifs is 1. The Kier molecular flexibility index (Phi) is 6.94. The van der Waals surface area contributed by atoms with Crippen LogP contribution >= 0.6 is 11.6 Å². The molecule has 1 fully saturated rings. The number of anilines is 1. The summed E-state index contributed by atoms with van der Waals surface area (Å²) in [7, 11) is 1.86. The highest BCUT2D eigenvalue weighted by atomic mass is 35.5. The van der Waals surface area contributed by atoms with Crippen LogP contribution in [0.2, 0.25) is 5.02 Å². The van der Waals surface area contributed by atoms with Gasteiger partial charge in [-0.15, -0.1) is 0 Å². The Bertz CT molecular complexity index is 1700. The fourth-order valence-corrected chi connectivity index (χ4v) is 5.45. The van der Waals surface area contributed by atoms with E-state index in [0.29, 0.717) is 41.3 Å². The van der Waals surface area contributed by atoms with Crippen LogP contribution in [0.4, 0.5) is 10.2 Å². The third-order valence-corrected chi connectivity index (χ3v) is 7.69. The summed E-state index contributed by atoms with van der Waals surface area (Å²) in [6.45, 7) is 1.29. The molecule has 9 nitrogen and oxygen atoms in total. The van der Waals surface area contributed by atoms with Crippen LogP contribution in [0.25, 0.3) is 33.4 Å². The zero-order chi connectivity index (χ0) is 27.8. The molecule has 6 rings (SSSR count). The molecule has 2 atom stereocenters. The molecular weight excluding hydrogens is 531 g/mol. The highest BCUT2D eigenvalue weighted by Gasteiger charge is 2.28. The first-order valence-corrected chi connectivity index (χ1v) is 13.3. The van der Waals surface area contributed by atoms with E-state index >= 15 is 0 Å². The molecule has 11 heteroatoms. The Hall–Kier alpha value is -4.30. The molecule has 40 heavy (non-hydrogen) atoms. The lowest BCUT2D eigenvalue weighted by Crippen LogP contribution is -2.52. The number of nitriles is 1. The number of rotatable bonds is 6. The average Bonchev–Trinajstić information content (AvgIpc) is 3.59. The lowest BCUT2D eigenvalue weighted by molar-refractivity contribution is 0.112. The molecule has 0 amide bonds. The molecule has 1 saturated heterocycles. The maximum Gasteiger partial charge on any atom is 0.138 e. The number of pyridine rings is 2. The molecule has 4 aromatic heterocycles. The van der Waals surface area contributed by atoms with Gasteiger partial charge < -0.3 is 20.3 Å². The largest absolute Gasteiger partial charge is 0.390 e. The number of H-pyrrole nitrogens is 1. The van der Waals surface area contributed by atoms with Gasteiger partial charge in [0.1, 0.15) is 23.4 Å². The Labute approximate surface area is 234 Å². The van der Waals surface area contributed by atoms with Crippen molar-refractivity contribution in [2.45, 2.75) is 25.1 Å². The number of piperidine rings is 1. The lowest BCUT2D eigenvalue weighted by atomic mass is 9.99. The highest BCUT2D eigenvalue weighted by molar-refractivity contribution is 6.31. The van der Waals surface area contributed by atoms with E-state index in [0.717, 1.165) is 33.6 Å². The van der Waals surface area contributed by atoms with Crippen LogP contribution < -0.4 is 10.2 Å². The molecule has 3 N–H and O–H groups in total. The number of benzene rings is 1. The van der Waals surface area contributed by atoms with Crippen LogP contribution in [0.5, 0.6) is 0 Å². The Balaban J connectivity index is 1.19. The van der Waals surface area contributed by atoms with Crippen molar-refractivity contribution in [2.75, 3.05) is 18.0 Å². The lowest BCUT2D eigenvalue weighted by Gasteiger charge is -2.37. The number of nitrogens with one attached hydrogen (secondary N) is 2. The average molecular weight is 557 g/mol. The molecule has 1 aromatic carbocycles. The molecule has 0 bridgehead atoms. The molecule has 5 aromatic rings. The second-order valence-corrected chi connectivity index (χ2v) is 10.3. The van der Waals surface area contributed by atoms with Crippen molar-refractivity contribution in [3.05, 3.63) is 83.2 Å². The summed E-state index contributed by atoms with van der Waals surface area (Å²) in [5, 5.41) is 29.3. The number of aliphatic hydroxyl groups excluding tert-OH is 1. The van der Waals surface area contributed by atoms with E-state index in [1.807, 2.05) is 36.3 Å². The summed E-state index contributed by atoms with van der Waals surface area (Å²) in [5.74, 6) is 0.363. The van der Waals surface area contributed by atoms with Gasteiger partial charge in [0.05, 0.1) is 23.6 Å². The molecular formula is C29H26ClFN8O. The Morgan fingerprint density at radius 3 is 2.77 bits per heavy atom. The van der Waals surface area contributed by atoms with Crippen LogP contribution in [0.3, 0.4) is 0 Å². The first kappa shape index (κ1) is 26.0. The van der Waals surface area contributed by atoms with Gasteiger partial charge in [0.2, 0.25) is 0 Å². The van der Waals surface area contributed by atoms with Crippen LogP contribution in [0, 0.1) is 17.1 Å². The quantitative estimate of drug-likeness (QED) is 0.283. The van der Waals surface area contributed by atoms with E-state index in [1.165, 1.54) is 6.07 Å². The third kappa shape index (κ3) is 4.91. The summed E-state index contributed by atoms with van der Waals surface area (Å²) in [5.41, 5.74) is 4.86. The molecule has 0 aliphatic carbocycles. The van der Waals surface area contributed by atoms with Gasteiger partial charge in [0.25, 0.3) is 0 Å². The number of aryl methyl sites for hydroxylation is 1. The number of aliphatic hydroxyl groups is 1. The van der Waals surface area contributed by atoms with Gasteiger partial charge in [-0.25, -0.2) is 14.4 Å². The minimum absolute atomic E-state index is 0.197. The van der Waals surface area contributed by atoms with Gasteiger partial charge in [-0.3, -0.25) is 4.68 Å². The van der Waals surface area contributed by atoms with Crippen LogP contribution in [0.1, 0.15) is 17.5 Å². The minimum Gasteiger partial charge on any atom is -0.390 e. The first-order valence-electron chi connectivity index (χ1n) is 12.9. The van der Waals surface area contributed by atoms with Crippen molar-refractivity contribution in [1.29, 1.82) is 5.26 Å². The summed E-state index contributed by atoms with van der Waals surface area (Å²) >= 11 is 6.14. The number of nitrogens with zero attached hydrogens (tertiary/aromatic N) is 6. The molecule has 1 aliphatic rings. The summed E-state index contributed by atoms with van der Waals surface area (Å²) in [6.07, 6.45) is 6.98. The molecule has 202 valence electrons. The van der Waals surface area contributed by atoms with Crippen molar-refractivity contribution < 1.29 is 9.50 Å². The van der Waals surface area contributed by atoms with Crippen molar-refractivity contribution in [2.24, 2.45) is 7.05 Å². The normalized spacial score (nSPS) is 17.3. The second kappa shape index (κ2) is 10.7. The number of halogens is 2. The van der Waals surface area contributed by atoms with Gasteiger partial charge in [-0.05, 0) is 36.8 Å². The van der Waals surface area contributed by atoms with E-state index in [1.54, 1.807) is 35.4 Å². The highest BCUT2D eigenvalue weighted by Crippen LogP contribution is 2.34. The van der Waals surface area contributed by atoms with Crippen molar-refractivity contribution in [1.82, 2.24) is 30.0 Å². The topological polar surface area (TPSA) is 119 Å². The van der Waals surface area contributed by atoms with Gasteiger partial charge in [0, 0.05) is 84.0 Å². The Morgan fingerprint density at radius 2 is 2.08 bits per heavy atom. The summed E-state index contributed by atoms with van der Waals surface area (Å²) in [4.78, 5) is 14.5. The van der Waals surface area contributed by atoms with Gasteiger partial charge in [-0.1, -0.05) is 17.7 Å². The fourth-order valence-electron chi connectivity index (χ4n) is 5.22. The molecule has 5 heterocycles. The van der Waals surface area contributed by atoms with Crippen LogP contribution in [-0.2, 0) is 13.6 Å². The van der Waals surface area contributed by atoms with E-state index in [-0.39, 0.29) is 18.4 Å². The molecule has 1 aliphatic heterocycles. The monoisotopic (exact) mass is 556 g/mol. The molecule has 0 radical (unpaired) electrons. The number of hydrogen-bond acceptors (Lipinski definition) is 7. The number of aromatic amines is 1. The first-order chi connectivity index (χ1) is 19.4. The maximum absolute atomic E-state index is 14.1.